The monoisotopic (exact) mass is 216 g/mol. The minimum atomic E-state index is -0.133. The van der Waals surface area contributed by atoms with Crippen LogP contribution in [0.25, 0.3) is 5.69 Å². The normalized spacial score (nSPS) is 10.9. The van der Waals surface area contributed by atoms with Crippen molar-refractivity contribution >= 4 is 0 Å². The van der Waals surface area contributed by atoms with Crippen LogP contribution in [-0.2, 0) is 0 Å². The maximum Gasteiger partial charge on any atom is 0.255 e. The van der Waals surface area contributed by atoms with E-state index in [2.05, 4.69) is 0 Å². The maximum atomic E-state index is 11.8. The molecule has 2 rings (SSSR count). The van der Waals surface area contributed by atoms with Gasteiger partial charge in [-0.25, -0.2) is 0 Å². The number of para-hydroxylation sites is 2. The second-order valence-corrected chi connectivity index (χ2v) is 3.42. The van der Waals surface area contributed by atoms with Gasteiger partial charge in [0.25, 0.3) is 5.56 Å². The van der Waals surface area contributed by atoms with Gasteiger partial charge in [0.2, 0.25) is 0 Å². The number of nitrogens with zero attached hydrogens (tertiary/aromatic N) is 1. The second-order valence-electron chi connectivity index (χ2n) is 3.42. The van der Waals surface area contributed by atoms with Crippen LogP contribution in [0, 0.1) is 6.90 Å². The minimum absolute atomic E-state index is 0.133. The molecule has 82 valence electrons. The van der Waals surface area contributed by atoms with Crippen LogP contribution in [0.15, 0.2) is 47.4 Å². The van der Waals surface area contributed by atoms with E-state index in [0.717, 1.165) is 5.56 Å². The van der Waals surface area contributed by atoms with Crippen molar-refractivity contribution in [2.45, 2.75) is 6.90 Å². The summed E-state index contributed by atoms with van der Waals surface area (Å²) >= 11 is 0. The van der Waals surface area contributed by atoms with E-state index in [-0.39, 0.29) is 12.5 Å². The van der Waals surface area contributed by atoms with Crippen molar-refractivity contribution in [3.8, 4) is 11.4 Å². The number of ether oxygens (including phenoxy) is 1. The molecule has 16 heavy (non-hydrogen) atoms. The third-order valence-corrected chi connectivity index (χ3v) is 2.32. The van der Waals surface area contributed by atoms with E-state index in [1.807, 2.05) is 18.2 Å². The molecule has 3 heteroatoms. The Morgan fingerprint density at radius 2 is 2.06 bits per heavy atom. The molecule has 1 aromatic heterocycles. The molecule has 0 aliphatic rings. The van der Waals surface area contributed by atoms with Gasteiger partial charge in [0.05, 0.1) is 12.8 Å². The van der Waals surface area contributed by atoms with Gasteiger partial charge in [0.15, 0.2) is 0 Å². The predicted octanol–water partition coefficient (Wildman–Crippen LogP) is 2.15. The van der Waals surface area contributed by atoms with Crippen molar-refractivity contribution in [1.29, 1.82) is 0 Å². The zero-order valence-corrected chi connectivity index (χ0v) is 9.01. The van der Waals surface area contributed by atoms with Crippen LogP contribution in [0.4, 0.5) is 0 Å². The highest BCUT2D eigenvalue weighted by atomic mass is 16.5. The number of aromatic nitrogens is 1. The van der Waals surface area contributed by atoms with Crippen molar-refractivity contribution in [3.05, 3.63) is 58.5 Å². The van der Waals surface area contributed by atoms with Gasteiger partial charge in [-0.2, -0.15) is 0 Å². The number of hydrogen-bond donors (Lipinski definition) is 0. The lowest BCUT2D eigenvalue weighted by molar-refractivity contribution is 0.412. The summed E-state index contributed by atoms with van der Waals surface area (Å²) in [5.74, 6) is 0.636. The number of aryl methyl sites for hydroxylation is 1. The molecule has 0 bridgehead atoms. The van der Waals surface area contributed by atoms with Gasteiger partial charge in [-0.05, 0) is 24.6 Å². The average Bonchev–Trinajstić information content (AvgIpc) is 2.39. The van der Waals surface area contributed by atoms with Crippen LogP contribution in [0.2, 0.25) is 0 Å². The Kier molecular flexibility index (Phi) is 2.43. The van der Waals surface area contributed by atoms with Crippen molar-refractivity contribution in [1.82, 2.24) is 4.57 Å². The number of benzene rings is 1. The number of methoxy groups -OCH3 is 1. The molecule has 3 nitrogen and oxygen atoms in total. The molecule has 1 heterocycles. The first-order valence-corrected chi connectivity index (χ1v) is 4.90. The van der Waals surface area contributed by atoms with Gasteiger partial charge < -0.3 is 4.74 Å². The predicted molar refractivity (Wildman–Crippen MR) is 63.3 cm³/mol. The quantitative estimate of drug-likeness (QED) is 0.770. The first-order chi connectivity index (χ1) is 8.26. The smallest absolute Gasteiger partial charge is 0.255 e. The molecule has 0 unspecified atom stereocenters. The Balaban J connectivity index is 2.63. The highest BCUT2D eigenvalue weighted by Crippen LogP contribution is 2.20. The number of hydrogen-bond acceptors (Lipinski definition) is 2. The number of pyridine rings is 1. The highest BCUT2D eigenvalue weighted by molar-refractivity contribution is 5.46. The summed E-state index contributed by atoms with van der Waals surface area (Å²) in [6.07, 6.45) is 1.67. The Bertz CT molecular complexity index is 578. The van der Waals surface area contributed by atoms with Gasteiger partial charge in [0, 0.05) is 13.6 Å². The molecule has 0 aliphatic heterocycles. The average molecular weight is 216 g/mol. The molecule has 0 N–H and O–H groups in total. The van der Waals surface area contributed by atoms with E-state index in [1.54, 1.807) is 25.4 Å². The van der Waals surface area contributed by atoms with Crippen LogP contribution in [0.1, 0.15) is 6.93 Å². The molecule has 0 saturated heterocycles. The van der Waals surface area contributed by atoms with Gasteiger partial charge >= 0.3 is 0 Å². The van der Waals surface area contributed by atoms with Crippen LogP contribution in [0.3, 0.4) is 0 Å². The van der Waals surface area contributed by atoms with Crippen LogP contribution in [0.5, 0.6) is 5.75 Å². The van der Waals surface area contributed by atoms with Crippen LogP contribution < -0.4 is 10.3 Å². The van der Waals surface area contributed by atoms with Crippen LogP contribution in [-0.4, -0.2) is 11.7 Å². The zero-order chi connectivity index (χ0) is 12.3. The van der Waals surface area contributed by atoms with E-state index in [4.69, 9.17) is 6.11 Å². The second kappa shape index (κ2) is 4.23. The molecule has 0 spiro atoms. The molecule has 1 aromatic carbocycles. The molecule has 0 atom stereocenters. The van der Waals surface area contributed by atoms with Crippen molar-refractivity contribution in [2.75, 3.05) is 7.11 Å². The summed E-state index contributed by atoms with van der Waals surface area (Å²) in [5.41, 5.74) is 1.34. The lowest BCUT2D eigenvalue weighted by Gasteiger charge is -2.10. The molecule has 2 aromatic rings. The fourth-order valence-electron chi connectivity index (χ4n) is 1.55. The Morgan fingerprint density at radius 1 is 1.25 bits per heavy atom. The lowest BCUT2D eigenvalue weighted by atomic mass is 10.2. The minimum Gasteiger partial charge on any atom is -0.495 e. The van der Waals surface area contributed by atoms with E-state index in [0.29, 0.717) is 11.4 Å². The standard InChI is InChI=1S/C13H13NO2/c1-10-7-8-13(15)14(9-10)11-5-3-4-6-12(11)16-2/h3-9H,1-2H3/i1D. The first kappa shape index (κ1) is 9.21. The molecule has 0 saturated carbocycles. The third-order valence-electron chi connectivity index (χ3n) is 2.32. The summed E-state index contributed by atoms with van der Waals surface area (Å²) in [5, 5.41) is 0. The largest absolute Gasteiger partial charge is 0.495 e. The summed E-state index contributed by atoms with van der Waals surface area (Å²) in [6, 6.07) is 10.4. The fraction of sp³-hybridized carbons (Fsp3) is 0.154. The van der Waals surface area contributed by atoms with Gasteiger partial charge in [-0.3, -0.25) is 9.36 Å². The van der Waals surface area contributed by atoms with Gasteiger partial charge in [-0.15, -0.1) is 0 Å². The lowest BCUT2D eigenvalue weighted by Crippen LogP contribution is -2.17. The third kappa shape index (κ3) is 1.84. The maximum absolute atomic E-state index is 11.8. The zero-order valence-electron chi connectivity index (χ0n) is 10.0. The van der Waals surface area contributed by atoms with Crippen molar-refractivity contribution in [2.24, 2.45) is 0 Å². The summed E-state index contributed by atoms with van der Waals surface area (Å²) in [4.78, 5) is 11.8. The van der Waals surface area contributed by atoms with Crippen molar-refractivity contribution in [3.63, 3.8) is 0 Å². The molecule has 0 radical (unpaired) electrons. The van der Waals surface area contributed by atoms with Gasteiger partial charge in [0.1, 0.15) is 5.75 Å². The van der Waals surface area contributed by atoms with Gasteiger partial charge in [-0.1, -0.05) is 18.2 Å². The van der Waals surface area contributed by atoms with Crippen molar-refractivity contribution < 1.29 is 6.11 Å². The fourth-order valence-corrected chi connectivity index (χ4v) is 1.55. The highest BCUT2D eigenvalue weighted by Gasteiger charge is 2.05. The van der Waals surface area contributed by atoms with E-state index >= 15 is 0 Å². The Morgan fingerprint density at radius 3 is 2.81 bits per heavy atom. The summed E-state index contributed by atoms with van der Waals surface area (Å²) in [7, 11) is 1.57. The SMILES string of the molecule is [2H]Cc1ccc(=O)n(-c2ccccc2OC)c1. The molecule has 0 amide bonds. The topological polar surface area (TPSA) is 31.2 Å². The first-order valence-electron chi connectivity index (χ1n) is 5.61. The van der Waals surface area contributed by atoms with E-state index in [9.17, 15) is 4.79 Å². The molecule has 0 aliphatic carbocycles. The molecule has 0 fully saturated rings. The Labute approximate surface area is 95.3 Å². The molecular weight excluding hydrogens is 202 g/mol. The summed E-state index contributed by atoms with van der Waals surface area (Å²) < 4.78 is 14.0. The Hall–Kier alpha value is -2.03. The van der Waals surface area contributed by atoms with E-state index < -0.39 is 0 Å². The van der Waals surface area contributed by atoms with E-state index in [1.165, 1.54) is 10.6 Å². The summed E-state index contributed by atoms with van der Waals surface area (Å²) in [6.45, 7) is 0.148. The number of rotatable bonds is 2. The molecular formula is C13H13NO2. The van der Waals surface area contributed by atoms with Crippen LogP contribution >= 0.6 is 0 Å².